The summed E-state index contributed by atoms with van der Waals surface area (Å²) in [4.78, 5) is 3.17. The van der Waals surface area contributed by atoms with Crippen LogP contribution in [0.1, 0.15) is 36.2 Å². The van der Waals surface area contributed by atoms with Crippen LogP contribution < -0.4 is 5.73 Å². The number of anilines is 1. The molecule has 0 aliphatic carbocycles. The number of benzene rings is 1. The third-order valence-electron chi connectivity index (χ3n) is 4.52. The molecule has 0 spiro atoms. The van der Waals surface area contributed by atoms with Crippen molar-refractivity contribution in [3.8, 4) is 5.69 Å². The number of aryl methyl sites for hydroxylation is 1. The van der Waals surface area contributed by atoms with Crippen molar-refractivity contribution >= 4 is 28.5 Å². The van der Waals surface area contributed by atoms with Crippen LogP contribution in [0.4, 0.5) is 40.9 Å². The number of rotatable bonds is 3. The lowest BCUT2D eigenvalue weighted by Crippen LogP contribution is -2.13. The van der Waals surface area contributed by atoms with E-state index in [4.69, 9.17) is 17.3 Å². The third kappa shape index (κ3) is 4.12. The normalized spacial score (nSPS) is 13.3. The summed E-state index contributed by atoms with van der Waals surface area (Å²) in [6, 6.07) is 1.81. The van der Waals surface area contributed by atoms with Gasteiger partial charge in [0.1, 0.15) is 11.5 Å². The van der Waals surface area contributed by atoms with E-state index in [0.29, 0.717) is 11.6 Å². The number of aromatic nitrogens is 3. The lowest BCUT2D eigenvalue weighted by Gasteiger charge is -2.17. The molecule has 0 aliphatic heterocycles. The molecule has 0 saturated carbocycles. The van der Waals surface area contributed by atoms with Gasteiger partial charge in [0.25, 0.3) is 5.92 Å². The molecule has 0 unspecified atom stereocenters. The van der Waals surface area contributed by atoms with Crippen molar-refractivity contribution in [1.29, 1.82) is 0 Å². The highest BCUT2D eigenvalue weighted by molar-refractivity contribution is 6.32. The number of nitrogens with two attached hydrogens (primary N) is 1. The Labute approximate surface area is 174 Å². The highest BCUT2D eigenvalue weighted by Crippen LogP contribution is 2.42. The van der Waals surface area contributed by atoms with E-state index in [-0.39, 0.29) is 28.8 Å². The maximum absolute atomic E-state index is 13.7. The van der Waals surface area contributed by atoms with Gasteiger partial charge in [0.2, 0.25) is 0 Å². The van der Waals surface area contributed by atoms with Crippen LogP contribution in [0.25, 0.3) is 16.7 Å². The minimum Gasteiger partial charge on any atom is -0.383 e. The fourth-order valence-electron chi connectivity index (χ4n) is 3.07. The molecule has 0 aliphatic rings. The summed E-state index contributed by atoms with van der Waals surface area (Å²) in [5.41, 5.74) is 0.975. The van der Waals surface area contributed by atoms with Gasteiger partial charge >= 0.3 is 12.4 Å². The monoisotopic (exact) mass is 472 g/mol. The fraction of sp³-hybridized carbons (Fsp3) is 0.333. The molecule has 0 bridgehead atoms. The number of halogens is 9. The number of hydrogen-bond donors (Lipinski definition) is 1. The number of nitrogen functional groups attached to an aromatic ring is 1. The van der Waals surface area contributed by atoms with Crippen LogP contribution in [-0.4, -0.2) is 14.8 Å². The van der Waals surface area contributed by atoms with E-state index in [1.807, 2.05) is 0 Å². The quantitative estimate of drug-likeness (QED) is 0.451. The lowest BCUT2D eigenvalue weighted by molar-refractivity contribution is -0.144. The first-order valence-electron chi connectivity index (χ1n) is 8.60. The lowest BCUT2D eigenvalue weighted by atomic mass is 10.0. The summed E-state index contributed by atoms with van der Waals surface area (Å²) in [6.07, 6.45) is -10.3. The van der Waals surface area contributed by atoms with Gasteiger partial charge in [-0.3, -0.25) is 0 Å². The third-order valence-corrected chi connectivity index (χ3v) is 4.81. The first kappa shape index (κ1) is 23.0. The van der Waals surface area contributed by atoms with Gasteiger partial charge in [-0.2, -0.15) is 26.3 Å². The van der Waals surface area contributed by atoms with Crippen LogP contribution in [-0.2, 0) is 24.7 Å². The van der Waals surface area contributed by atoms with Gasteiger partial charge in [-0.25, -0.2) is 18.4 Å². The van der Waals surface area contributed by atoms with Crippen molar-refractivity contribution in [2.24, 2.45) is 0 Å². The van der Waals surface area contributed by atoms with Gasteiger partial charge in [-0.1, -0.05) is 18.5 Å². The molecule has 2 heterocycles. The van der Waals surface area contributed by atoms with E-state index in [9.17, 15) is 35.1 Å². The summed E-state index contributed by atoms with van der Waals surface area (Å²) in [5, 5.41) is 2.52. The van der Waals surface area contributed by atoms with E-state index in [2.05, 4.69) is 10.1 Å². The van der Waals surface area contributed by atoms with Gasteiger partial charge in [0, 0.05) is 12.5 Å². The minimum absolute atomic E-state index is 0.0992. The minimum atomic E-state index is -5.20. The van der Waals surface area contributed by atoms with Gasteiger partial charge < -0.3 is 5.73 Å². The molecule has 3 aromatic rings. The van der Waals surface area contributed by atoms with E-state index >= 15 is 0 Å². The van der Waals surface area contributed by atoms with Crippen molar-refractivity contribution in [2.45, 2.75) is 38.5 Å². The van der Waals surface area contributed by atoms with Crippen LogP contribution in [0.5, 0.6) is 0 Å². The molecule has 0 amide bonds. The summed E-state index contributed by atoms with van der Waals surface area (Å²) in [7, 11) is 0. The van der Waals surface area contributed by atoms with E-state index in [1.165, 1.54) is 0 Å². The van der Waals surface area contributed by atoms with Gasteiger partial charge in [0.05, 0.1) is 21.7 Å². The van der Waals surface area contributed by atoms with Crippen LogP contribution in [0.2, 0.25) is 5.02 Å². The predicted molar refractivity (Wildman–Crippen MR) is 97.2 cm³/mol. The molecule has 3 rings (SSSR count). The Bertz CT molecular complexity index is 1160. The second kappa shape index (κ2) is 7.21. The molecular weight excluding hydrogens is 460 g/mol. The Morgan fingerprint density at radius 3 is 2.10 bits per heavy atom. The zero-order valence-electron chi connectivity index (χ0n) is 15.8. The Morgan fingerprint density at radius 1 is 1.00 bits per heavy atom. The van der Waals surface area contributed by atoms with Crippen LogP contribution in [0.3, 0.4) is 0 Å². The first-order chi connectivity index (χ1) is 14.1. The van der Waals surface area contributed by atoms with Crippen molar-refractivity contribution in [1.82, 2.24) is 14.8 Å². The Morgan fingerprint density at radius 2 is 1.61 bits per heavy atom. The van der Waals surface area contributed by atoms with E-state index < -0.39 is 51.9 Å². The van der Waals surface area contributed by atoms with Crippen molar-refractivity contribution in [3.05, 3.63) is 45.6 Å². The maximum Gasteiger partial charge on any atom is 0.433 e. The first-order valence-corrected chi connectivity index (χ1v) is 8.98. The SMILES string of the molecule is CCc1cc(C(C)(F)F)cc(Cl)c1-n1nc2nc(C(F)(F)F)cc(C(F)(F)F)c2c1N. The van der Waals surface area contributed by atoms with Crippen molar-refractivity contribution in [2.75, 3.05) is 5.73 Å². The average molecular weight is 473 g/mol. The zero-order chi connectivity index (χ0) is 23.5. The molecule has 13 heteroatoms. The summed E-state index contributed by atoms with van der Waals surface area (Å²) < 4.78 is 108. The topological polar surface area (TPSA) is 56.7 Å². The van der Waals surface area contributed by atoms with Gasteiger partial charge in [-0.05, 0) is 30.2 Å². The molecule has 2 N–H and O–H groups in total. The Balaban J connectivity index is 2.39. The Kier molecular flexibility index (Phi) is 5.36. The zero-order valence-corrected chi connectivity index (χ0v) is 16.5. The number of alkyl halides is 8. The number of pyridine rings is 1. The van der Waals surface area contributed by atoms with Crippen LogP contribution in [0.15, 0.2) is 18.2 Å². The predicted octanol–water partition coefficient (Wildman–Crippen LogP) is 6.37. The van der Waals surface area contributed by atoms with Gasteiger partial charge in [-0.15, -0.1) is 5.10 Å². The summed E-state index contributed by atoms with van der Waals surface area (Å²) in [5.74, 6) is -3.95. The number of nitrogens with zero attached hydrogens (tertiary/aromatic N) is 3. The largest absolute Gasteiger partial charge is 0.433 e. The molecule has 0 atom stereocenters. The summed E-state index contributed by atoms with van der Waals surface area (Å²) >= 11 is 6.11. The Hall–Kier alpha value is -2.63. The smallest absolute Gasteiger partial charge is 0.383 e. The van der Waals surface area contributed by atoms with Crippen molar-refractivity contribution < 1.29 is 35.1 Å². The van der Waals surface area contributed by atoms with Crippen molar-refractivity contribution in [3.63, 3.8) is 0 Å². The van der Waals surface area contributed by atoms with E-state index in [0.717, 1.165) is 12.1 Å². The number of fused-ring (bicyclic) bond motifs is 1. The standard InChI is InChI=1S/C18H13ClF8N4/c1-3-7-4-8(16(2,20)21)5-10(19)13(7)31-14(28)12-9(17(22,23)24)6-11(18(25,26)27)29-15(12)30-31/h4-6H,3,28H2,1-2H3. The fourth-order valence-corrected chi connectivity index (χ4v) is 3.39. The highest BCUT2D eigenvalue weighted by Gasteiger charge is 2.41. The molecule has 0 radical (unpaired) electrons. The molecule has 0 fully saturated rings. The average Bonchev–Trinajstić information content (AvgIpc) is 2.94. The highest BCUT2D eigenvalue weighted by atomic mass is 35.5. The molecule has 1 aromatic carbocycles. The molecule has 0 saturated heterocycles. The van der Waals surface area contributed by atoms with Crippen LogP contribution in [0, 0.1) is 0 Å². The molecular formula is C18H13ClF8N4. The molecule has 4 nitrogen and oxygen atoms in total. The molecule has 168 valence electrons. The summed E-state index contributed by atoms with van der Waals surface area (Å²) in [6.45, 7) is 2.19. The second-order valence-corrected chi connectivity index (χ2v) is 7.16. The molecule has 31 heavy (non-hydrogen) atoms. The second-order valence-electron chi connectivity index (χ2n) is 6.75. The number of hydrogen-bond acceptors (Lipinski definition) is 3. The van der Waals surface area contributed by atoms with E-state index in [1.54, 1.807) is 6.92 Å². The molecule has 2 aromatic heterocycles. The maximum atomic E-state index is 13.7. The van der Waals surface area contributed by atoms with Crippen LogP contribution >= 0.6 is 11.6 Å². The van der Waals surface area contributed by atoms with Gasteiger partial charge in [0.15, 0.2) is 5.65 Å².